The Morgan fingerprint density at radius 2 is 2.16 bits per heavy atom. The lowest BCUT2D eigenvalue weighted by molar-refractivity contribution is -0.140. The fraction of sp³-hybridized carbons (Fsp3) is 0.357. The van der Waals surface area contributed by atoms with E-state index in [1.165, 1.54) is 12.5 Å². The summed E-state index contributed by atoms with van der Waals surface area (Å²) in [7, 11) is 0. The number of anilines is 1. The van der Waals surface area contributed by atoms with Crippen molar-refractivity contribution in [2.24, 2.45) is 0 Å². The Bertz CT molecular complexity index is 492. The molecule has 0 saturated carbocycles. The number of rotatable bonds is 2. The number of esters is 1. The Hall–Kier alpha value is -2.35. The van der Waals surface area contributed by atoms with E-state index in [2.05, 4.69) is 16.1 Å². The fourth-order valence-electron chi connectivity index (χ4n) is 1.56. The summed E-state index contributed by atoms with van der Waals surface area (Å²) in [5.74, 6) is -0.205. The zero-order valence-corrected chi connectivity index (χ0v) is 10.8. The van der Waals surface area contributed by atoms with Crippen molar-refractivity contribution in [1.29, 1.82) is 5.26 Å². The van der Waals surface area contributed by atoms with Gasteiger partial charge in [0.25, 0.3) is 0 Å². The van der Waals surface area contributed by atoms with Gasteiger partial charge in [0.2, 0.25) is 5.91 Å². The Kier molecular flexibility index (Phi) is 6.10. The third-order valence-corrected chi connectivity index (χ3v) is 2.43. The van der Waals surface area contributed by atoms with E-state index in [1.54, 1.807) is 0 Å². The van der Waals surface area contributed by atoms with Gasteiger partial charge in [0.15, 0.2) is 0 Å². The monoisotopic (exact) mass is 260 g/mol. The third-order valence-electron chi connectivity index (χ3n) is 2.43. The first-order valence-electron chi connectivity index (χ1n) is 6.01. The first-order valence-corrected chi connectivity index (χ1v) is 6.01. The highest BCUT2D eigenvalue weighted by Gasteiger charge is 2.12. The lowest BCUT2D eigenvalue weighted by Gasteiger charge is -2.15. The van der Waals surface area contributed by atoms with Crippen LogP contribution in [0, 0.1) is 11.3 Å². The standard InChI is InChI=1S/C9H9NO.C5H7NO2/c11-9-6-5-7-3-1-2-4-8(7)10-9;1-5(7)8-4-2-3-6/h1-4H,5-6H2,(H,10,11);2,4H2,1H3. The van der Waals surface area contributed by atoms with Crippen LogP contribution >= 0.6 is 0 Å². The molecule has 2 rings (SSSR count). The topological polar surface area (TPSA) is 79.2 Å². The molecule has 0 aromatic heterocycles. The molecule has 1 heterocycles. The van der Waals surface area contributed by atoms with Crippen molar-refractivity contribution in [2.45, 2.75) is 26.2 Å². The van der Waals surface area contributed by atoms with Gasteiger partial charge in [-0.05, 0) is 18.1 Å². The van der Waals surface area contributed by atoms with Crippen LogP contribution in [0.15, 0.2) is 24.3 Å². The second kappa shape index (κ2) is 7.88. The predicted octanol–water partition coefficient (Wildman–Crippen LogP) is 2.03. The molecular formula is C14H16N2O3. The number of nitrogens with zero attached hydrogens (tertiary/aromatic N) is 1. The molecule has 0 fully saturated rings. The number of fused-ring (bicyclic) bond motifs is 1. The molecule has 1 amide bonds. The molecule has 0 radical (unpaired) electrons. The molecule has 0 aliphatic carbocycles. The Balaban J connectivity index is 0.000000203. The summed E-state index contributed by atoms with van der Waals surface area (Å²) in [6.07, 6.45) is 1.78. The number of hydrogen-bond acceptors (Lipinski definition) is 4. The molecule has 5 heteroatoms. The maximum atomic E-state index is 10.9. The Morgan fingerprint density at radius 1 is 1.42 bits per heavy atom. The summed E-state index contributed by atoms with van der Waals surface area (Å²) in [5.41, 5.74) is 2.22. The lowest BCUT2D eigenvalue weighted by Crippen LogP contribution is -2.18. The molecule has 0 saturated heterocycles. The van der Waals surface area contributed by atoms with Gasteiger partial charge < -0.3 is 10.1 Å². The van der Waals surface area contributed by atoms with Crippen LogP contribution in [0.5, 0.6) is 0 Å². The molecule has 1 aromatic rings. The smallest absolute Gasteiger partial charge is 0.302 e. The van der Waals surface area contributed by atoms with Crippen molar-refractivity contribution in [3.05, 3.63) is 29.8 Å². The first kappa shape index (κ1) is 14.7. The number of benzene rings is 1. The minimum Gasteiger partial charge on any atom is -0.465 e. The van der Waals surface area contributed by atoms with Gasteiger partial charge in [-0.3, -0.25) is 9.59 Å². The van der Waals surface area contributed by atoms with Crippen molar-refractivity contribution in [2.75, 3.05) is 11.9 Å². The number of carbonyl (C=O) groups excluding carboxylic acids is 2. The van der Waals surface area contributed by atoms with E-state index in [-0.39, 0.29) is 24.9 Å². The maximum Gasteiger partial charge on any atom is 0.302 e. The van der Waals surface area contributed by atoms with Gasteiger partial charge in [-0.15, -0.1) is 0 Å². The van der Waals surface area contributed by atoms with Crippen LogP contribution in [0.2, 0.25) is 0 Å². The molecule has 1 N–H and O–H groups in total. The van der Waals surface area contributed by atoms with Crippen LogP contribution in [0.25, 0.3) is 0 Å². The quantitative estimate of drug-likeness (QED) is 0.651. The number of nitrogens with one attached hydrogen (secondary N) is 1. The minimum atomic E-state index is -0.333. The number of carbonyl (C=O) groups is 2. The van der Waals surface area contributed by atoms with Gasteiger partial charge in [0, 0.05) is 19.0 Å². The molecular weight excluding hydrogens is 244 g/mol. The summed E-state index contributed by atoms with van der Waals surface area (Å²) in [5, 5.41) is 10.8. The Labute approximate surface area is 112 Å². The maximum absolute atomic E-state index is 10.9. The van der Waals surface area contributed by atoms with Crippen LogP contribution in [0.3, 0.4) is 0 Å². The molecule has 1 aliphatic heterocycles. The SMILES string of the molecule is CC(=O)OCCC#N.O=C1CCc2ccccc2N1. The summed E-state index contributed by atoms with van der Waals surface area (Å²) in [4.78, 5) is 20.9. The minimum absolute atomic E-state index is 0.128. The molecule has 100 valence electrons. The van der Waals surface area contributed by atoms with E-state index in [0.29, 0.717) is 6.42 Å². The Morgan fingerprint density at radius 3 is 2.84 bits per heavy atom. The highest BCUT2D eigenvalue weighted by atomic mass is 16.5. The largest absolute Gasteiger partial charge is 0.465 e. The number of ether oxygens (including phenoxy) is 1. The first-order chi connectivity index (χ1) is 9.13. The van der Waals surface area contributed by atoms with Gasteiger partial charge in [-0.2, -0.15) is 5.26 Å². The lowest BCUT2D eigenvalue weighted by atomic mass is 10.0. The van der Waals surface area contributed by atoms with Crippen LogP contribution in [-0.4, -0.2) is 18.5 Å². The van der Waals surface area contributed by atoms with Crippen molar-refractivity contribution >= 4 is 17.6 Å². The predicted molar refractivity (Wildman–Crippen MR) is 70.3 cm³/mol. The molecule has 19 heavy (non-hydrogen) atoms. The average molecular weight is 260 g/mol. The van der Waals surface area contributed by atoms with Gasteiger partial charge in [-0.1, -0.05) is 18.2 Å². The van der Waals surface area contributed by atoms with Crippen molar-refractivity contribution in [3.63, 3.8) is 0 Å². The van der Waals surface area contributed by atoms with E-state index in [4.69, 9.17) is 5.26 Å². The molecule has 0 bridgehead atoms. The van der Waals surface area contributed by atoms with E-state index >= 15 is 0 Å². The normalized spacial score (nSPS) is 12.1. The summed E-state index contributed by atoms with van der Waals surface area (Å²) < 4.78 is 4.42. The number of para-hydroxylation sites is 1. The zero-order chi connectivity index (χ0) is 14.1. The molecule has 1 aliphatic rings. The molecule has 0 atom stereocenters. The number of amides is 1. The van der Waals surface area contributed by atoms with Crippen molar-refractivity contribution in [1.82, 2.24) is 0 Å². The average Bonchev–Trinajstić information content (AvgIpc) is 2.39. The van der Waals surface area contributed by atoms with Crippen molar-refractivity contribution in [3.8, 4) is 6.07 Å². The van der Waals surface area contributed by atoms with Crippen LogP contribution in [0.4, 0.5) is 5.69 Å². The summed E-state index contributed by atoms with van der Waals surface area (Å²) in [6.45, 7) is 1.53. The van der Waals surface area contributed by atoms with Crippen molar-refractivity contribution < 1.29 is 14.3 Å². The number of hydrogen-bond donors (Lipinski definition) is 1. The van der Waals surface area contributed by atoms with E-state index in [1.807, 2.05) is 24.3 Å². The molecule has 1 aromatic carbocycles. The highest BCUT2D eigenvalue weighted by Crippen LogP contribution is 2.20. The van der Waals surface area contributed by atoms with Crippen LogP contribution in [-0.2, 0) is 20.7 Å². The summed E-state index contributed by atoms with van der Waals surface area (Å²) >= 11 is 0. The second-order valence-electron chi connectivity index (χ2n) is 3.95. The molecule has 0 unspecified atom stereocenters. The number of nitriles is 1. The van der Waals surface area contributed by atoms with E-state index < -0.39 is 0 Å². The third kappa shape index (κ3) is 5.68. The fourth-order valence-corrected chi connectivity index (χ4v) is 1.56. The van der Waals surface area contributed by atoms with Gasteiger partial charge in [-0.25, -0.2) is 0 Å². The summed E-state index contributed by atoms with van der Waals surface area (Å²) in [6, 6.07) is 9.76. The number of aryl methyl sites for hydroxylation is 1. The van der Waals surface area contributed by atoms with Gasteiger partial charge in [0.1, 0.15) is 6.61 Å². The van der Waals surface area contributed by atoms with E-state index in [0.717, 1.165) is 12.1 Å². The highest BCUT2D eigenvalue weighted by molar-refractivity contribution is 5.93. The second-order valence-corrected chi connectivity index (χ2v) is 3.95. The zero-order valence-electron chi connectivity index (χ0n) is 10.8. The van der Waals surface area contributed by atoms with Crippen LogP contribution in [0.1, 0.15) is 25.3 Å². The van der Waals surface area contributed by atoms with E-state index in [9.17, 15) is 9.59 Å². The molecule has 0 spiro atoms. The molecule has 5 nitrogen and oxygen atoms in total. The van der Waals surface area contributed by atoms with Gasteiger partial charge >= 0.3 is 5.97 Å². The van der Waals surface area contributed by atoms with Crippen LogP contribution < -0.4 is 5.32 Å². The van der Waals surface area contributed by atoms with Gasteiger partial charge in [0.05, 0.1) is 12.5 Å².